The summed E-state index contributed by atoms with van der Waals surface area (Å²) in [6.45, 7) is 17.3. The van der Waals surface area contributed by atoms with Crippen molar-refractivity contribution in [2.75, 3.05) is 13.3 Å². The van der Waals surface area contributed by atoms with Crippen molar-refractivity contribution in [2.24, 2.45) is 11.8 Å². The van der Waals surface area contributed by atoms with Crippen LogP contribution in [-0.2, 0) is 17.8 Å². The number of hydrogen-bond donors (Lipinski definition) is 0. The first-order chi connectivity index (χ1) is 25.3. The average Bonchev–Trinajstić information content (AvgIpc) is 3.87. The van der Waals surface area contributed by atoms with Crippen LogP contribution in [0.25, 0.3) is 20.4 Å². The molecule has 6 rings (SSSR count). The second-order valence-electron chi connectivity index (χ2n) is 15.7. The van der Waals surface area contributed by atoms with Gasteiger partial charge in [-0.15, -0.1) is 0 Å². The quantitative estimate of drug-likeness (QED) is 0.0701. The summed E-state index contributed by atoms with van der Waals surface area (Å²) in [6, 6.07) is 15.1. The van der Waals surface area contributed by atoms with Crippen LogP contribution < -0.4 is 13.2 Å². The molecule has 0 N–H and O–H groups in total. The number of hydrogen-bond acceptors (Lipinski definition) is 5. The summed E-state index contributed by atoms with van der Waals surface area (Å²) in [5.41, 5.74) is 3.14. The SMILES string of the molecule is CCCCCCc1cc[c]([Ge]2([CH2]C(CC)CCCC)[c]3cc(C)sc3-c3sc(-c4oc(C)c5c4C(=O)N(CC(CC)CCCC)COC5)c[c]32)cc1. The van der Waals surface area contributed by atoms with Gasteiger partial charge in [0.2, 0.25) is 0 Å². The van der Waals surface area contributed by atoms with Gasteiger partial charge in [-0.2, -0.15) is 0 Å². The molecule has 2 aliphatic heterocycles. The summed E-state index contributed by atoms with van der Waals surface area (Å²) >= 11 is 0.712. The van der Waals surface area contributed by atoms with Crippen LogP contribution >= 0.6 is 22.7 Å². The van der Waals surface area contributed by atoms with Crippen molar-refractivity contribution in [1.82, 2.24) is 4.90 Å². The molecule has 0 radical (unpaired) electrons. The molecule has 282 valence electrons. The molecule has 4 nitrogen and oxygen atoms in total. The predicted molar refractivity (Wildman–Crippen MR) is 226 cm³/mol. The van der Waals surface area contributed by atoms with E-state index in [0.717, 1.165) is 46.9 Å². The molecular weight excluding hydrogens is 739 g/mol. The van der Waals surface area contributed by atoms with E-state index >= 15 is 0 Å². The number of thiophene rings is 2. The van der Waals surface area contributed by atoms with Crippen molar-refractivity contribution < 1.29 is 13.9 Å². The van der Waals surface area contributed by atoms with Gasteiger partial charge in [-0.05, 0) is 0 Å². The van der Waals surface area contributed by atoms with E-state index in [-0.39, 0.29) is 5.91 Å². The summed E-state index contributed by atoms with van der Waals surface area (Å²) in [4.78, 5) is 21.9. The molecule has 2 aliphatic rings. The number of aryl methyl sites for hydroxylation is 3. The maximum absolute atomic E-state index is 14.5. The van der Waals surface area contributed by atoms with E-state index in [2.05, 4.69) is 77.9 Å². The van der Waals surface area contributed by atoms with Crippen LogP contribution in [0.15, 0.2) is 40.8 Å². The number of carbonyl (C=O) groups is 1. The molecule has 4 aromatic rings. The van der Waals surface area contributed by atoms with E-state index in [0.29, 0.717) is 25.2 Å². The van der Waals surface area contributed by atoms with Gasteiger partial charge in [-0.1, -0.05) is 6.92 Å². The van der Waals surface area contributed by atoms with Crippen molar-refractivity contribution >= 4 is 55.0 Å². The van der Waals surface area contributed by atoms with E-state index < -0.39 is 13.3 Å². The van der Waals surface area contributed by atoms with Crippen molar-refractivity contribution in [3.05, 3.63) is 63.7 Å². The van der Waals surface area contributed by atoms with Gasteiger partial charge >= 0.3 is 320 Å². The van der Waals surface area contributed by atoms with Crippen LogP contribution in [0, 0.1) is 25.7 Å². The monoisotopic (exact) mass is 803 g/mol. The Morgan fingerprint density at radius 3 is 2.17 bits per heavy atom. The number of ether oxygens (including phenoxy) is 1. The van der Waals surface area contributed by atoms with Gasteiger partial charge in [0.05, 0.1) is 0 Å². The van der Waals surface area contributed by atoms with E-state index in [1.807, 2.05) is 34.5 Å². The van der Waals surface area contributed by atoms with Gasteiger partial charge < -0.3 is 0 Å². The Hall–Kier alpha value is -2.13. The summed E-state index contributed by atoms with van der Waals surface area (Å²) < 4.78 is 17.7. The third-order valence-corrected chi connectivity index (χ3v) is 26.0. The van der Waals surface area contributed by atoms with Crippen LogP contribution in [0.3, 0.4) is 0 Å². The standard InChI is InChI=1S/C45H63GeNO3S2/c1-8-13-16-17-20-35-21-23-36(24-22-35)46(27-33(11-4)18-14-9-2)38-25-31(6)51-43(38)44-39(46)26-40(52-44)42-41-37(32(7)50-42)29-49-30-47(45(41)48)28-34(12-5)19-15-10-3/h21-26,33-34H,8-20,27-30H2,1-7H3. The second kappa shape index (κ2) is 18.0. The molecule has 3 aromatic heterocycles. The molecule has 0 saturated heterocycles. The number of carbonyl (C=O) groups excluding carboxylic acids is 1. The normalized spacial score (nSPS) is 18.0. The van der Waals surface area contributed by atoms with E-state index in [9.17, 15) is 4.79 Å². The van der Waals surface area contributed by atoms with Crippen LogP contribution in [0.1, 0.15) is 144 Å². The van der Waals surface area contributed by atoms with Crippen molar-refractivity contribution in [3.8, 4) is 20.4 Å². The first kappa shape index (κ1) is 39.6. The van der Waals surface area contributed by atoms with Gasteiger partial charge in [-0.25, -0.2) is 0 Å². The average molecular weight is 803 g/mol. The molecular formula is C45H63GeNO3S2. The van der Waals surface area contributed by atoms with Crippen LogP contribution in [-0.4, -0.2) is 37.3 Å². The molecule has 52 heavy (non-hydrogen) atoms. The fraction of sp³-hybridized carbons (Fsp3) is 0.578. The van der Waals surface area contributed by atoms with E-state index in [1.165, 1.54) is 96.1 Å². The van der Waals surface area contributed by atoms with Gasteiger partial charge in [0.25, 0.3) is 0 Å². The Morgan fingerprint density at radius 1 is 0.808 bits per heavy atom. The number of nitrogens with zero attached hydrogens (tertiary/aromatic N) is 1. The molecule has 0 bridgehead atoms. The van der Waals surface area contributed by atoms with Crippen molar-refractivity contribution in [2.45, 2.75) is 144 Å². The topological polar surface area (TPSA) is 42.7 Å². The second-order valence-corrected chi connectivity index (χ2v) is 26.2. The van der Waals surface area contributed by atoms with Gasteiger partial charge in [0.1, 0.15) is 0 Å². The number of furan rings is 1. The first-order valence-electron chi connectivity index (χ1n) is 20.6. The maximum atomic E-state index is 14.5. The minimum atomic E-state index is -3.15. The van der Waals surface area contributed by atoms with Crippen molar-refractivity contribution in [3.63, 3.8) is 0 Å². The Bertz CT molecular complexity index is 1780. The third kappa shape index (κ3) is 7.97. The molecule has 0 aliphatic carbocycles. The van der Waals surface area contributed by atoms with Crippen LogP contribution in [0.4, 0.5) is 0 Å². The number of benzene rings is 1. The Balaban J connectivity index is 1.45. The fourth-order valence-corrected chi connectivity index (χ4v) is 25.9. The van der Waals surface area contributed by atoms with E-state index in [4.69, 9.17) is 9.15 Å². The molecule has 5 heterocycles. The molecule has 3 unspecified atom stereocenters. The number of amides is 1. The van der Waals surface area contributed by atoms with Gasteiger partial charge in [0, 0.05) is 0 Å². The number of unbranched alkanes of at least 4 members (excludes halogenated alkanes) is 5. The summed E-state index contributed by atoms with van der Waals surface area (Å²) in [6.07, 6.45) is 16.0. The molecule has 7 heteroatoms. The van der Waals surface area contributed by atoms with E-state index in [1.54, 1.807) is 13.2 Å². The number of fused-ring (bicyclic) bond motifs is 4. The van der Waals surface area contributed by atoms with Crippen LogP contribution in [0.5, 0.6) is 0 Å². The Morgan fingerprint density at radius 2 is 1.48 bits per heavy atom. The summed E-state index contributed by atoms with van der Waals surface area (Å²) in [7, 11) is 0. The third-order valence-electron chi connectivity index (χ3n) is 12.1. The van der Waals surface area contributed by atoms with Gasteiger partial charge in [0.15, 0.2) is 0 Å². The fourth-order valence-electron chi connectivity index (χ4n) is 8.86. The van der Waals surface area contributed by atoms with Crippen LogP contribution in [0.2, 0.25) is 5.25 Å². The minimum absolute atomic E-state index is 0.0726. The molecule has 3 atom stereocenters. The zero-order valence-corrected chi connectivity index (χ0v) is 36.9. The predicted octanol–water partition coefficient (Wildman–Crippen LogP) is 11.6. The number of rotatable bonds is 19. The molecule has 0 fully saturated rings. The summed E-state index contributed by atoms with van der Waals surface area (Å²) in [5, 5.41) is 1.28. The molecule has 0 spiro atoms. The molecule has 1 amide bonds. The zero-order valence-electron chi connectivity index (χ0n) is 33.1. The molecule has 1 aromatic carbocycles. The first-order valence-corrected chi connectivity index (χ1v) is 26.9. The Labute approximate surface area is 325 Å². The zero-order chi connectivity index (χ0) is 36.8. The Kier molecular flexibility index (Phi) is 13.7. The van der Waals surface area contributed by atoms with Crippen molar-refractivity contribution in [1.29, 1.82) is 0 Å². The van der Waals surface area contributed by atoms with Gasteiger partial charge in [-0.3, -0.25) is 0 Å². The summed E-state index contributed by atoms with van der Waals surface area (Å²) in [5.74, 6) is 2.83. The molecule has 0 saturated carbocycles.